The van der Waals surface area contributed by atoms with Crippen molar-refractivity contribution in [3.8, 4) is 5.75 Å². The molecule has 0 aliphatic rings. The van der Waals surface area contributed by atoms with E-state index in [4.69, 9.17) is 16.3 Å². The molecule has 1 heterocycles. The lowest BCUT2D eigenvalue weighted by molar-refractivity contribution is -0.135. The second kappa shape index (κ2) is 7.79. The lowest BCUT2D eigenvalue weighted by atomic mass is 10.1. The van der Waals surface area contributed by atoms with Crippen LogP contribution in [0.25, 0.3) is 0 Å². The summed E-state index contributed by atoms with van der Waals surface area (Å²) in [5, 5.41) is 5.69. The molecule has 2 amide bonds. The number of benzene rings is 1. The number of anilines is 1. The normalized spacial score (nSPS) is 10.8. The summed E-state index contributed by atoms with van der Waals surface area (Å²) in [6, 6.07) is 10.2. The van der Waals surface area contributed by atoms with Gasteiger partial charge in [0, 0.05) is 11.2 Å². The third-order valence-electron chi connectivity index (χ3n) is 3.07. The van der Waals surface area contributed by atoms with Crippen molar-refractivity contribution in [2.45, 2.75) is 19.4 Å². The van der Waals surface area contributed by atoms with Crippen molar-refractivity contribution in [2.75, 3.05) is 11.9 Å². The third kappa shape index (κ3) is 5.24. The fourth-order valence-corrected chi connectivity index (χ4v) is 2.07. The van der Waals surface area contributed by atoms with Gasteiger partial charge in [-0.1, -0.05) is 17.7 Å². The number of ether oxygens (including phenoxy) is 1. The van der Waals surface area contributed by atoms with Crippen molar-refractivity contribution in [3.05, 3.63) is 53.8 Å². The Morgan fingerprint density at radius 1 is 1.25 bits per heavy atom. The Balaban J connectivity index is 1.87. The van der Waals surface area contributed by atoms with Crippen LogP contribution in [0.1, 0.15) is 13.8 Å². The molecule has 0 aliphatic heterocycles. The van der Waals surface area contributed by atoms with E-state index in [1.165, 1.54) is 6.20 Å². The van der Waals surface area contributed by atoms with Gasteiger partial charge in [0.25, 0.3) is 5.91 Å². The van der Waals surface area contributed by atoms with Crippen LogP contribution in [0.2, 0.25) is 5.02 Å². The van der Waals surface area contributed by atoms with Crippen LogP contribution in [-0.2, 0) is 9.59 Å². The molecule has 0 bridgehead atoms. The molecule has 2 aromatic rings. The van der Waals surface area contributed by atoms with Gasteiger partial charge in [0.1, 0.15) is 5.75 Å². The van der Waals surface area contributed by atoms with Gasteiger partial charge in [-0.25, -0.2) is 0 Å². The highest BCUT2D eigenvalue weighted by atomic mass is 35.5. The molecule has 0 unspecified atom stereocenters. The molecular formula is C17H18ClN3O3. The van der Waals surface area contributed by atoms with E-state index < -0.39 is 11.5 Å². The van der Waals surface area contributed by atoms with E-state index in [9.17, 15) is 9.59 Å². The maximum absolute atomic E-state index is 12.2. The molecule has 2 N–H and O–H groups in total. The van der Waals surface area contributed by atoms with Gasteiger partial charge in [0.15, 0.2) is 5.60 Å². The van der Waals surface area contributed by atoms with Crippen LogP contribution in [0.5, 0.6) is 5.75 Å². The van der Waals surface area contributed by atoms with Crippen molar-refractivity contribution in [1.82, 2.24) is 10.3 Å². The number of nitrogens with one attached hydrogen (secondary N) is 2. The van der Waals surface area contributed by atoms with Crippen molar-refractivity contribution in [2.24, 2.45) is 0 Å². The molecule has 1 aromatic carbocycles. The van der Waals surface area contributed by atoms with Gasteiger partial charge in [-0.3, -0.25) is 14.6 Å². The Labute approximate surface area is 145 Å². The minimum absolute atomic E-state index is 0.171. The first-order valence-electron chi connectivity index (χ1n) is 7.29. The second-order valence-corrected chi connectivity index (χ2v) is 5.98. The molecule has 6 nitrogen and oxygen atoms in total. The summed E-state index contributed by atoms with van der Waals surface area (Å²) in [5.74, 6) is -0.291. The Morgan fingerprint density at radius 3 is 2.71 bits per heavy atom. The number of hydrogen-bond acceptors (Lipinski definition) is 4. The van der Waals surface area contributed by atoms with Gasteiger partial charge in [0.2, 0.25) is 5.91 Å². The molecule has 0 saturated carbocycles. The second-order valence-electron chi connectivity index (χ2n) is 5.54. The van der Waals surface area contributed by atoms with E-state index in [0.717, 1.165) is 0 Å². The first-order valence-corrected chi connectivity index (χ1v) is 7.67. The summed E-state index contributed by atoms with van der Waals surface area (Å²) in [4.78, 5) is 28.0. The van der Waals surface area contributed by atoms with Gasteiger partial charge < -0.3 is 15.4 Å². The molecule has 0 atom stereocenters. The number of nitrogens with zero attached hydrogens (tertiary/aromatic N) is 1. The van der Waals surface area contributed by atoms with Gasteiger partial charge in [-0.05, 0) is 44.2 Å². The molecule has 24 heavy (non-hydrogen) atoms. The fraction of sp³-hybridized carbons (Fsp3) is 0.235. The largest absolute Gasteiger partial charge is 0.478 e. The zero-order valence-corrected chi connectivity index (χ0v) is 14.1. The van der Waals surface area contributed by atoms with E-state index in [0.29, 0.717) is 16.5 Å². The van der Waals surface area contributed by atoms with Gasteiger partial charge in [-0.2, -0.15) is 0 Å². The summed E-state index contributed by atoms with van der Waals surface area (Å²) in [6.07, 6.45) is 3.12. The number of hydrogen-bond donors (Lipinski definition) is 2. The first-order chi connectivity index (χ1) is 11.4. The van der Waals surface area contributed by atoms with Crippen LogP contribution in [0.4, 0.5) is 5.69 Å². The predicted molar refractivity (Wildman–Crippen MR) is 92.0 cm³/mol. The summed E-state index contributed by atoms with van der Waals surface area (Å²) in [6.45, 7) is 3.06. The maximum atomic E-state index is 12.2. The minimum atomic E-state index is -1.15. The van der Waals surface area contributed by atoms with Crippen LogP contribution < -0.4 is 15.4 Å². The van der Waals surface area contributed by atoms with Crippen LogP contribution in [0.3, 0.4) is 0 Å². The van der Waals surface area contributed by atoms with Gasteiger partial charge in [-0.15, -0.1) is 0 Å². The number of carbonyl (C=O) groups is 2. The molecule has 0 aliphatic carbocycles. The molecule has 7 heteroatoms. The van der Waals surface area contributed by atoms with Crippen LogP contribution in [0.15, 0.2) is 48.8 Å². The van der Waals surface area contributed by atoms with Gasteiger partial charge >= 0.3 is 0 Å². The fourth-order valence-electron chi connectivity index (χ4n) is 1.89. The average molecular weight is 348 g/mol. The molecule has 0 saturated heterocycles. The number of rotatable bonds is 6. The number of halogens is 1. The van der Waals surface area contributed by atoms with E-state index in [2.05, 4.69) is 15.6 Å². The number of carbonyl (C=O) groups excluding carboxylic acids is 2. The Bertz CT molecular complexity index is 720. The molecular weight excluding hydrogens is 330 g/mol. The lowest BCUT2D eigenvalue weighted by Crippen LogP contribution is -2.48. The Hall–Kier alpha value is -2.60. The summed E-state index contributed by atoms with van der Waals surface area (Å²) in [5.41, 5.74) is -0.592. The Kier molecular flexibility index (Phi) is 5.76. The summed E-state index contributed by atoms with van der Waals surface area (Å²) >= 11 is 5.89. The Morgan fingerprint density at radius 2 is 2.04 bits per heavy atom. The maximum Gasteiger partial charge on any atom is 0.264 e. The van der Waals surface area contributed by atoms with Crippen molar-refractivity contribution in [3.63, 3.8) is 0 Å². The topological polar surface area (TPSA) is 80.3 Å². The standard InChI is InChI=1S/C17H18ClN3O3/c1-17(2,24-14-7-3-5-12(18)9-14)16(23)20-11-15(22)21-13-6-4-8-19-10-13/h3-10H,11H2,1-2H3,(H,20,23)(H,21,22). The monoisotopic (exact) mass is 347 g/mol. The molecule has 0 spiro atoms. The lowest BCUT2D eigenvalue weighted by Gasteiger charge is -2.25. The van der Waals surface area contributed by atoms with Gasteiger partial charge in [0.05, 0.1) is 18.4 Å². The highest BCUT2D eigenvalue weighted by Crippen LogP contribution is 2.22. The first kappa shape index (κ1) is 17.7. The summed E-state index contributed by atoms with van der Waals surface area (Å²) < 4.78 is 5.66. The average Bonchev–Trinajstić information content (AvgIpc) is 2.53. The number of amides is 2. The highest BCUT2D eigenvalue weighted by Gasteiger charge is 2.30. The van der Waals surface area contributed by atoms with E-state index >= 15 is 0 Å². The highest BCUT2D eigenvalue weighted by molar-refractivity contribution is 6.30. The molecule has 0 radical (unpaired) electrons. The van der Waals surface area contributed by atoms with Crippen LogP contribution in [-0.4, -0.2) is 28.9 Å². The quantitative estimate of drug-likeness (QED) is 0.841. The van der Waals surface area contributed by atoms with E-state index in [1.807, 2.05) is 0 Å². The third-order valence-corrected chi connectivity index (χ3v) is 3.31. The molecule has 2 rings (SSSR count). The zero-order valence-electron chi connectivity index (χ0n) is 13.4. The zero-order chi connectivity index (χ0) is 17.6. The van der Waals surface area contributed by atoms with Crippen molar-refractivity contribution >= 4 is 29.1 Å². The smallest absolute Gasteiger partial charge is 0.264 e. The predicted octanol–water partition coefficient (Wildman–Crippen LogP) is 2.65. The number of pyridine rings is 1. The molecule has 1 aromatic heterocycles. The van der Waals surface area contributed by atoms with Crippen LogP contribution >= 0.6 is 11.6 Å². The SMILES string of the molecule is CC(C)(Oc1cccc(Cl)c1)C(=O)NCC(=O)Nc1cccnc1. The van der Waals surface area contributed by atoms with E-state index in [1.54, 1.807) is 56.4 Å². The van der Waals surface area contributed by atoms with Crippen molar-refractivity contribution in [1.29, 1.82) is 0 Å². The van der Waals surface area contributed by atoms with Crippen molar-refractivity contribution < 1.29 is 14.3 Å². The minimum Gasteiger partial charge on any atom is -0.478 e. The summed E-state index contributed by atoms with van der Waals surface area (Å²) in [7, 11) is 0. The molecule has 126 valence electrons. The van der Waals surface area contributed by atoms with E-state index in [-0.39, 0.29) is 12.5 Å². The molecule has 0 fully saturated rings. The van der Waals surface area contributed by atoms with Crippen LogP contribution in [0, 0.1) is 0 Å². The number of aromatic nitrogens is 1.